The Balaban J connectivity index is 2.12. The predicted octanol–water partition coefficient (Wildman–Crippen LogP) is 3.70. The van der Waals surface area contributed by atoms with Crippen molar-refractivity contribution in [3.8, 4) is 5.75 Å². The number of rotatable bonds is 13. The minimum Gasteiger partial charge on any atom is -0.497 e. The molecule has 2 amide bonds. The molecule has 3 aromatic rings. The van der Waals surface area contributed by atoms with Crippen molar-refractivity contribution in [1.82, 2.24) is 14.5 Å². The van der Waals surface area contributed by atoms with Gasteiger partial charge in [0.05, 0.1) is 12.8 Å². The van der Waals surface area contributed by atoms with Crippen LogP contribution in [0, 0.1) is 13.8 Å². The number of nitrogens with one attached hydrogen (secondary N) is 1. The van der Waals surface area contributed by atoms with Gasteiger partial charge in [0, 0.05) is 33.6 Å². The lowest BCUT2D eigenvalue weighted by Gasteiger charge is -2.34. The minimum atomic E-state index is -4.06. The molecule has 9 nitrogen and oxygen atoms in total. The lowest BCUT2D eigenvalue weighted by atomic mass is 10.0. The molecule has 0 unspecified atom stereocenters. The normalized spacial score (nSPS) is 12.1. The van der Waals surface area contributed by atoms with Crippen molar-refractivity contribution in [3.05, 3.63) is 95.1 Å². The molecule has 3 aromatic carbocycles. The Morgan fingerprint density at radius 1 is 0.927 bits per heavy atom. The number of amides is 2. The molecule has 3 rings (SSSR count). The number of likely N-dealkylation sites (N-methyl/N-ethyl adjacent to an activating group) is 1. The standard InChI is InChI=1S/C31H40N4O5S/c1-7-32-31(37)29(20-25-12-9-8-10-13-25)34(21-26-14-11-15-27(19-26)40-6)30(36)22-35(41(38,39)33(4)5)28-18-23(2)16-17-24(28)3/h8-19,29H,7,20-22H2,1-6H3,(H,32,37)/t29-/m1/s1. The maximum Gasteiger partial charge on any atom is 0.304 e. The Hall–Kier alpha value is -3.89. The Morgan fingerprint density at radius 3 is 2.24 bits per heavy atom. The van der Waals surface area contributed by atoms with Crippen molar-refractivity contribution < 1.29 is 22.7 Å². The third-order valence-electron chi connectivity index (χ3n) is 6.76. The molecule has 0 aliphatic carbocycles. The fourth-order valence-corrected chi connectivity index (χ4v) is 5.62. The van der Waals surface area contributed by atoms with Crippen LogP contribution in [-0.4, -0.2) is 69.8 Å². The zero-order valence-electron chi connectivity index (χ0n) is 24.6. The zero-order chi connectivity index (χ0) is 30.2. The second-order valence-electron chi connectivity index (χ2n) is 10.1. The van der Waals surface area contributed by atoms with Gasteiger partial charge in [0.1, 0.15) is 18.3 Å². The Morgan fingerprint density at radius 2 is 1.61 bits per heavy atom. The van der Waals surface area contributed by atoms with Gasteiger partial charge in [-0.3, -0.25) is 9.59 Å². The molecule has 0 saturated heterocycles. The molecule has 0 aliphatic heterocycles. The summed E-state index contributed by atoms with van der Waals surface area (Å²) >= 11 is 0. The number of benzene rings is 3. The first-order chi connectivity index (χ1) is 19.5. The molecule has 0 spiro atoms. The van der Waals surface area contributed by atoms with Gasteiger partial charge in [-0.1, -0.05) is 54.6 Å². The van der Waals surface area contributed by atoms with E-state index < -0.39 is 28.7 Å². The zero-order valence-corrected chi connectivity index (χ0v) is 25.4. The fourth-order valence-electron chi connectivity index (χ4n) is 4.50. The highest BCUT2D eigenvalue weighted by Crippen LogP contribution is 2.26. The SMILES string of the molecule is CCNC(=O)[C@@H](Cc1ccccc1)N(Cc1cccc(OC)c1)C(=O)CN(c1cc(C)ccc1C)S(=O)(=O)N(C)C. The molecular weight excluding hydrogens is 540 g/mol. The topological polar surface area (TPSA) is 99.3 Å². The summed E-state index contributed by atoms with van der Waals surface area (Å²) in [6, 6.07) is 21.3. The summed E-state index contributed by atoms with van der Waals surface area (Å²) < 4.78 is 34.7. The largest absolute Gasteiger partial charge is 0.497 e. The summed E-state index contributed by atoms with van der Waals surface area (Å²) in [6.07, 6.45) is 0.256. The second-order valence-corrected chi connectivity index (χ2v) is 12.1. The number of hydrogen-bond acceptors (Lipinski definition) is 5. The van der Waals surface area contributed by atoms with Crippen molar-refractivity contribution in [2.24, 2.45) is 0 Å². The van der Waals surface area contributed by atoms with Crippen molar-refractivity contribution in [1.29, 1.82) is 0 Å². The number of methoxy groups -OCH3 is 1. The van der Waals surface area contributed by atoms with Gasteiger partial charge in [-0.25, -0.2) is 4.31 Å². The Labute approximate surface area is 243 Å². The number of nitrogens with zero attached hydrogens (tertiary/aromatic N) is 3. The summed E-state index contributed by atoms with van der Waals surface area (Å²) in [6.45, 7) is 5.46. The van der Waals surface area contributed by atoms with Gasteiger partial charge in [-0.05, 0) is 61.2 Å². The van der Waals surface area contributed by atoms with Gasteiger partial charge in [0.15, 0.2) is 0 Å². The lowest BCUT2D eigenvalue weighted by Crippen LogP contribution is -2.54. The van der Waals surface area contributed by atoms with Gasteiger partial charge < -0.3 is 15.0 Å². The van der Waals surface area contributed by atoms with Crippen LogP contribution >= 0.6 is 0 Å². The number of ether oxygens (including phenoxy) is 1. The quantitative estimate of drug-likeness (QED) is 0.333. The number of aryl methyl sites for hydroxylation is 2. The molecule has 0 saturated carbocycles. The number of carbonyl (C=O) groups excluding carboxylic acids is 2. The number of anilines is 1. The summed E-state index contributed by atoms with van der Waals surface area (Å²) in [7, 11) is 0.358. The van der Waals surface area contributed by atoms with Gasteiger partial charge in [-0.2, -0.15) is 12.7 Å². The highest BCUT2D eigenvalue weighted by atomic mass is 32.2. The van der Waals surface area contributed by atoms with Crippen molar-refractivity contribution in [3.63, 3.8) is 0 Å². The average molecular weight is 581 g/mol. The van der Waals surface area contributed by atoms with Crippen LogP contribution in [0.25, 0.3) is 0 Å². The molecule has 0 bridgehead atoms. The maximum atomic E-state index is 14.3. The van der Waals surface area contributed by atoms with Crippen LogP contribution in [0.15, 0.2) is 72.8 Å². The number of carbonyl (C=O) groups is 2. The highest BCUT2D eigenvalue weighted by Gasteiger charge is 2.35. The molecule has 0 radical (unpaired) electrons. The van der Waals surface area contributed by atoms with E-state index in [1.807, 2.05) is 68.4 Å². The molecule has 1 atom stereocenters. The van der Waals surface area contributed by atoms with Crippen LogP contribution in [0.3, 0.4) is 0 Å². The van der Waals surface area contributed by atoms with E-state index in [-0.39, 0.29) is 18.9 Å². The van der Waals surface area contributed by atoms with Gasteiger partial charge in [-0.15, -0.1) is 0 Å². The van der Waals surface area contributed by atoms with Gasteiger partial charge >= 0.3 is 10.2 Å². The third-order valence-corrected chi connectivity index (χ3v) is 8.57. The molecule has 0 aromatic heterocycles. The van der Waals surface area contributed by atoms with Crippen LogP contribution in [0.4, 0.5) is 5.69 Å². The van der Waals surface area contributed by atoms with E-state index in [1.54, 1.807) is 32.2 Å². The van der Waals surface area contributed by atoms with E-state index in [9.17, 15) is 18.0 Å². The Bertz CT molecular complexity index is 1440. The van der Waals surface area contributed by atoms with E-state index in [4.69, 9.17) is 4.74 Å². The fraction of sp³-hybridized carbons (Fsp3) is 0.355. The molecule has 10 heteroatoms. The third kappa shape index (κ3) is 8.08. The Kier molecular flexibility index (Phi) is 10.9. The van der Waals surface area contributed by atoms with E-state index >= 15 is 0 Å². The summed E-state index contributed by atoms with van der Waals surface area (Å²) in [5, 5.41) is 2.86. The molecule has 1 N–H and O–H groups in total. The molecule has 0 aliphatic rings. The molecule has 0 heterocycles. The first kappa shape index (κ1) is 31.6. The average Bonchev–Trinajstić information content (AvgIpc) is 2.95. The highest BCUT2D eigenvalue weighted by molar-refractivity contribution is 7.90. The van der Waals surface area contributed by atoms with Crippen molar-refractivity contribution in [2.45, 2.75) is 39.8 Å². The molecule has 41 heavy (non-hydrogen) atoms. The van der Waals surface area contributed by atoms with Crippen LogP contribution in [0.5, 0.6) is 5.75 Å². The lowest BCUT2D eigenvalue weighted by molar-refractivity contribution is -0.140. The maximum absolute atomic E-state index is 14.3. The predicted molar refractivity (Wildman–Crippen MR) is 162 cm³/mol. The number of hydrogen-bond donors (Lipinski definition) is 1. The van der Waals surface area contributed by atoms with Crippen LogP contribution in [0.2, 0.25) is 0 Å². The summed E-state index contributed by atoms with van der Waals surface area (Å²) in [5.41, 5.74) is 3.59. The second kappa shape index (κ2) is 14.1. The first-order valence-electron chi connectivity index (χ1n) is 13.5. The van der Waals surface area contributed by atoms with E-state index in [0.717, 1.165) is 25.3 Å². The summed E-state index contributed by atoms with van der Waals surface area (Å²) in [5.74, 6) is -0.215. The van der Waals surface area contributed by atoms with Crippen molar-refractivity contribution >= 4 is 27.7 Å². The van der Waals surface area contributed by atoms with Crippen LogP contribution in [-0.2, 0) is 32.8 Å². The monoisotopic (exact) mass is 580 g/mol. The summed E-state index contributed by atoms with van der Waals surface area (Å²) in [4.78, 5) is 29.2. The first-order valence-corrected chi connectivity index (χ1v) is 14.9. The molecular formula is C31H40N4O5S. The van der Waals surface area contributed by atoms with E-state index in [2.05, 4.69) is 5.32 Å². The van der Waals surface area contributed by atoms with E-state index in [1.165, 1.54) is 19.0 Å². The van der Waals surface area contributed by atoms with Crippen LogP contribution < -0.4 is 14.4 Å². The smallest absolute Gasteiger partial charge is 0.304 e. The van der Waals surface area contributed by atoms with Gasteiger partial charge in [0.2, 0.25) is 11.8 Å². The van der Waals surface area contributed by atoms with Gasteiger partial charge in [0.25, 0.3) is 0 Å². The molecule has 220 valence electrons. The minimum absolute atomic E-state index is 0.0767. The van der Waals surface area contributed by atoms with Crippen molar-refractivity contribution in [2.75, 3.05) is 38.6 Å². The molecule has 0 fully saturated rings. The van der Waals surface area contributed by atoms with E-state index in [0.29, 0.717) is 23.5 Å². The van der Waals surface area contributed by atoms with Crippen LogP contribution in [0.1, 0.15) is 29.2 Å².